The molecular weight excluding hydrogens is 324 g/mol. The normalized spacial score (nSPS) is 13.7. The van der Waals surface area contributed by atoms with E-state index in [1.165, 1.54) is 96.3 Å². The summed E-state index contributed by atoms with van der Waals surface area (Å²) in [7, 11) is 0. The predicted molar refractivity (Wildman–Crippen MR) is 112 cm³/mol. The van der Waals surface area contributed by atoms with E-state index in [9.17, 15) is 9.90 Å². The van der Waals surface area contributed by atoms with Crippen molar-refractivity contribution in [2.24, 2.45) is 5.92 Å². The second-order valence-corrected chi connectivity index (χ2v) is 8.25. The lowest BCUT2D eigenvalue weighted by Crippen LogP contribution is -2.18. The third-order valence-electron chi connectivity index (χ3n) is 5.66. The minimum Gasteiger partial charge on any atom is -0.479 e. The highest BCUT2D eigenvalue weighted by Crippen LogP contribution is 2.16. The Hall–Kier alpha value is -0.570. The first-order valence-corrected chi connectivity index (χ1v) is 11.5. The Morgan fingerprint density at radius 2 is 0.962 bits per heavy atom. The van der Waals surface area contributed by atoms with Gasteiger partial charge in [0.2, 0.25) is 0 Å². The molecule has 3 heteroatoms. The van der Waals surface area contributed by atoms with Crippen LogP contribution in [0.3, 0.4) is 0 Å². The first-order chi connectivity index (χ1) is 12.6. The molecule has 2 unspecified atom stereocenters. The average Bonchev–Trinajstić information content (AvgIpc) is 2.63. The molecule has 0 saturated carbocycles. The summed E-state index contributed by atoms with van der Waals surface area (Å²) in [6.45, 7) is 4.66. The maximum atomic E-state index is 10.5. The van der Waals surface area contributed by atoms with Crippen LogP contribution in [0.15, 0.2) is 0 Å². The molecule has 0 aliphatic rings. The van der Waals surface area contributed by atoms with Crippen LogP contribution < -0.4 is 0 Å². The van der Waals surface area contributed by atoms with Crippen LogP contribution in [0.25, 0.3) is 0 Å². The van der Waals surface area contributed by atoms with Crippen molar-refractivity contribution in [2.45, 2.75) is 136 Å². The van der Waals surface area contributed by atoms with E-state index in [1.807, 2.05) is 0 Å². The number of carbonyl (C=O) groups is 1. The second kappa shape index (κ2) is 19.2. The van der Waals surface area contributed by atoms with Crippen LogP contribution in [-0.2, 0) is 4.79 Å². The van der Waals surface area contributed by atoms with Crippen molar-refractivity contribution >= 4 is 5.97 Å². The molecule has 2 N–H and O–H groups in total. The Morgan fingerprint density at radius 1 is 0.654 bits per heavy atom. The van der Waals surface area contributed by atoms with Crippen molar-refractivity contribution in [2.75, 3.05) is 0 Å². The molecular formula is C23H46O3. The van der Waals surface area contributed by atoms with E-state index in [2.05, 4.69) is 13.8 Å². The van der Waals surface area contributed by atoms with Crippen LogP contribution in [0, 0.1) is 5.92 Å². The third-order valence-corrected chi connectivity index (χ3v) is 5.66. The molecule has 0 bridgehead atoms. The number of carboxylic acid groups (broad SMARTS) is 1. The summed E-state index contributed by atoms with van der Waals surface area (Å²) in [6.07, 6.45) is 21.6. The van der Waals surface area contributed by atoms with Gasteiger partial charge in [-0.2, -0.15) is 0 Å². The van der Waals surface area contributed by atoms with Crippen molar-refractivity contribution in [3.8, 4) is 0 Å². The highest BCUT2D eigenvalue weighted by molar-refractivity contribution is 5.71. The predicted octanol–water partition coefficient (Wildman–Crippen LogP) is 7.11. The van der Waals surface area contributed by atoms with Crippen LogP contribution >= 0.6 is 0 Å². The maximum Gasteiger partial charge on any atom is 0.332 e. The fourth-order valence-electron chi connectivity index (χ4n) is 3.46. The number of aliphatic hydroxyl groups excluding tert-OH is 1. The second-order valence-electron chi connectivity index (χ2n) is 8.25. The van der Waals surface area contributed by atoms with E-state index < -0.39 is 12.1 Å². The lowest BCUT2D eigenvalue weighted by molar-refractivity contribution is -0.146. The van der Waals surface area contributed by atoms with E-state index in [4.69, 9.17) is 5.11 Å². The van der Waals surface area contributed by atoms with Gasteiger partial charge in [-0.1, -0.05) is 123 Å². The molecule has 0 aromatic rings. The van der Waals surface area contributed by atoms with Gasteiger partial charge in [0.15, 0.2) is 6.10 Å². The summed E-state index contributed by atoms with van der Waals surface area (Å²) in [5, 5.41) is 17.8. The number of carboxylic acids is 1. The molecule has 0 heterocycles. The Labute approximate surface area is 163 Å². The van der Waals surface area contributed by atoms with Crippen LogP contribution in [0.4, 0.5) is 0 Å². The summed E-state index contributed by atoms with van der Waals surface area (Å²) in [5.74, 6) is -0.175. The van der Waals surface area contributed by atoms with Gasteiger partial charge in [-0.25, -0.2) is 4.79 Å². The Kier molecular flexibility index (Phi) is 18.8. The SMILES string of the molecule is CCC(C)CCCCCCCCCCCCCCCCCC(O)C(=O)O. The van der Waals surface area contributed by atoms with E-state index >= 15 is 0 Å². The van der Waals surface area contributed by atoms with Gasteiger partial charge in [0.1, 0.15) is 0 Å². The topological polar surface area (TPSA) is 57.5 Å². The zero-order valence-corrected chi connectivity index (χ0v) is 17.7. The first-order valence-electron chi connectivity index (χ1n) is 11.5. The molecule has 0 rings (SSSR count). The molecule has 2 atom stereocenters. The van der Waals surface area contributed by atoms with E-state index in [0.29, 0.717) is 6.42 Å². The molecule has 0 saturated heterocycles. The summed E-state index contributed by atoms with van der Waals surface area (Å²) >= 11 is 0. The van der Waals surface area contributed by atoms with Crippen LogP contribution in [0.5, 0.6) is 0 Å². The summed E-state index contributed by atoms with van der Waals surface area (Å²) < 4.78 is 0. The van der Waals surface area contributed by atoms with Gasteiger partial charge in [0.05, 0.1) is 0 Å². The minimum absolute atomic E-state index is 0.396. The standard InChI is InChI=1S/C23H46O3/c1-3-21(2)19-17-15-13-11-9-7-5-4-6-8-10-12-14-16-18-20-22(24)23(25)26/h21-22,24H,3-20H2,1-2H3,(H,25,26). The van der Waals surface area contributed by atoms with Crippen LogP contribution in [0.1, 0.15) is 129 Å². The molecule has 0 fully saturated rings. The van der Waals surface area contributed by atoms with Crippen molar-refractivity contribution in [3.63, 3.8) is 0 Å². The monoisotopic (exact) mass is 370 g/mol. The third kappa shape index (κ3) is 18.2. The van der Waals surface area contributed by atoms with Gasteiger partial charge in [-0.3, -0.25) is 0 Å². The van der Waals surface area contributed by atoms with Gasteiger partial charge in [-0.15, -0.1) is 0 Å². The maximum absolute atomic E-state index is 10.5. The van der Waals surface area contributed by atoms with Gasteiger partial charge in [0.25, 0.3) is 0 Å². The fraction of sp³-hybridized carbons (Fsp3) is 0.957. The van der Waals surface area contributed by atoms with Gasteiger partial charge in [0, 0.05) is 0 Å². The van der Waals surface area contributed by atoms with Crippen molar-refractivity contribution in [1.82, 2.24) is 0 Å². The molecule has 156 valence electrons. The Bertz CT molecular complexity index is 304. The zero-order chi connectivity index (χ0) is 19.5. The molecule has 26 heavy (non-hydrogen) atoms. The highest BCUT2D eigenvalue weighted by atomic mass is 16.4. The minimum atomic E-state index is -1.17. The molecule has 0 aromatic carbocycles. The molecule has 0 aliphatic heterocycles. The molecule has 0 aliphatic carbocycles. The summed E-state index contributed by atoms with van der Waals surface area (Å²) in [4.78, 5) is 10.5. The van der Waals surface area contributed by atoms with Crippen molar-refractivity contribution < 1.29 is 15.0 Å². The molecule has 0 amide bonds. The van der Waals surface area contributed by atoms with E-state index in [-0.39, 0.29) is 0 Å². The van der Waals surface area contributed by atoms with E-state index in [0.717, 1.165) is 18.8 Å². The quantitative estimate of drug-likeness (QED) is 0.224. The van der Waals surface area contributed by atoms with Crippen LogP contribution in [-0.4, -0.2) is 22.3 Å². The largest absolute Gasteiger partial charge is 0.479 e. The first kappa shape index (κ1) is 25.4. The van der Waals surface area contributed by atoms with Gasteiger partial charge in [-0.05, 0) is 12.3 Å². The number of aliphatic hydroxyl groups is 1. The zero-order valence-electron chi connectivity index (χ0n) is 17.7. The average molecular weight is 371 g/mol. The Morgan fingerprint density at radius 3 is 1.27 bits per heavy atom. The Balaban J connectivity index is 3.08. The lowest BCUT2D eigenvalue weighted by Gasteiger charge is -2.07. The molecule has 0 spiro atoms. The highest BCUT2D eigenvalue weighted by Gasteiger charge is 2.11. The molecule has 0 aromatic heterocycles. The van der Waals surface area contributed by atoms with Crippen molar-refractivity contribution in [3.05, 3.63) is 0 Å². The van der Waals surface area contributed by atoms with Gasteiger partial charge >= 0.3 is 5.97 Å². The fourth-order valence-corrected chi connectivity index (χ4v) is 3.46. The molecule has 3 nitrogen and oxygen atoms in total. The number of hydrogen-bond donors (Lipinski definition) is 2. The van der Waals surface area contributed by atoms with E-state index in [1.54, 1.807) is 0 Å². The van der Waals surface area contributed by atoms with Crippen molar-refractivity contribution in [1.29, 1.82) is 0 Å². The van der Waals surface area contributed by atoms with Gasteiger partial charge < -0.3 is 10.2 Å². The number of hydrogen-bond acceptors (Lipinski definition) is 2. The summed E-state index contributed by atoms with van der Waals surface area (Å²) in [5.41, 5.74) is 0. The molecule has 0 radical (unpaired) electrons. The lowest BCUT2D eigenvalue weighted by atomic mass is 9.99. The summed E-state index contributed by atoms with van der Waals surface area (Å²) in [6, 6.07) is 0. The number of aliphatic carboxylic acids is 1. The number of unbranched alkanes of at least 4 members (excludes halogenated alkanes) is 14. The number of rotatable bonds is 20. The van der Waals surface area contributed by atoms with Crippen LogP contribution in [0.2, 0.25) is 0 Å². The smallest absolute Gasteiger partial charge is 0.332 e.